The lowest BCUT2D eigenvalue weighted by Crippen LogP contribution is -2.29. The van der Waals surface area contributed by atoms with E-state index in [9.17, 15) is 8.42 Å². The van der Waals surface area contributed by atoms with Crippen molar-refractivity contribution >= 4 is 15.5 Å². The van der Waals surface area contributed by atoms with Gasteiger partial charge in [0.05, 0.1) is 25.2 Å². The van der Waals surface area contributed by atoms with Gasteiger partial charge in [-0.1, -0.05) is 12.1 Å². The van der Waals surface area contributed by atoms with E-state index in [-0.39, 0.29) is 5.82 Å². The van der Waals surface area contributed by atoms with Crippen molar-refractivity contribution in [2.75, 3.05) is 21.3 Å². The first kappa shape index (κ1) is 26.4. The second kappa shape index (κ2) is 10.5. The van der Waals surface area contributed by atoms with Crippen molar-refractivity contribution in [3.63, 3.8) is 0 Å². The zero-order valence-electron chi connectivity index (χ0n) is 22.2. The Morgan fingerprint density at radius 1 is 0.974 bits per heavy atom. The molecule has 0 saturated carbocycles. The smallest absolute Gasteiger partial charge is 0.204 e. The number of hydrogen-bond acceptors (Lipinski definition) is 9. The number of hydrogen-bond donors (Lipinski definition) is 0. The Balaban J connectivity index is 1.59. The first-order valence-corrected chi connectivity index (χ1v) is 13.9. The summed E-state index contributed by atoms with van der Waals surface area (Å²) in [7, 11) is 0.666. The first-order valence-electron chi connectivity index (χ1n) is 12.2. The molecule has 0 N–H and O–H groups in total. The number of methoxy groups -OCH3 is 3. The van der Waals surface area contributed by atoms with Crippen LogP contribution in [0.15, 0.2) is 65.3 Å². The number of pyridine rings is 1. The molecule has 11 nitrogen and oxygen atoms in total. The van der Waals surface area contributed by atoms with Crippen LogP contribution < -0.4 is 9.47 Å². The van der Waals surface area contributed by atoms with Crippen LogP contribution in [0.2, 0.25) is 0 Å². The molecule has 4 aromatic heterocycles. The van der Waals surface area contributed by atoms with Gasteiger partial charge in [-0.15, -0.1) is 10.2 Å². The molecular weight excluding hydrogens is 522 g/mol. The molecule has 204 valence electrons. The number of sulfone groups is 1. The van der Waals surface area contributed by atoms with Gasteiger partial charge in [0.25, 0.3) is 0 Å². The molecule has 5 aromatic rings. The van der Waals surface area contributed by atoms with Crippen molar-refractivity contribution in [1.29, 1.82) is 0 Å². The predicted molar refractivity (Wildman–Crippen MR) is 144 cm³/mol. The van der Waals surface area contributed by atoms with E-state index in [1.54, 1.807) is 48.0 Å². The maximum atomic E-state index is 13.8. The molecule has 0 aliphatic rings. The topological polar surface area (TPSA) is 123 Å². The number of aromatic nitrogens is 5. The van der Waals surface area contributed by atoms with Crippen LogP contribution in [-0.2, 0) is 20.3 Å². The molecule has 0 aliphatic heterocycles. The Morgan fingerprint density at radius 3 is 2.33 bits per heavy atom. The molecule has 1 aromatic carbocycles. The van der Waals surface area contributed by atoms with Crippen molar-refractivity contribution < 1.29 is 27.0 Å². The van der Waals surface area contributed by atoms with Gasteiger partial charge in [0, 0.05) is 19.5 Å². The number of aryl methyl sites for hydroxylation is 1. The number of nitrogens with zero attached hydrogens (tertiary/aromatic N) is 5. The number of imidazole rings is 1. The van der Waals surface area contributed by atoms with Crippen LogP contribution >= 0.6 is 0 Å². The molecule has 0 aliphatic carbocycles. The third-order valence-corrected chi connectivity index (χ3v) is 8.61. The number of furan rings is 1. The second-order valence-corrected chi connectivity index (χ2v) is 11.4. The van der Waals surface area contributed by atoms with Gasteiger partial charge >= 0.3 is 0 Å². The zero-order chi connectivity index (χ0) is 27.7. The molecular formula is C27H29N5O6S. The molecule has 0 radical (unpaired) electrons. The third-order valence-electron chi connectivity index (χ3n) is 6.57. The summed E-state index contributed by atoms with van der Waals surface area (Å²) in [5.41, 5.74) is 1.66. The highest BCUT2D eigenvalue weighted by molar-refractivity contribution is 7.91. The average Bonchev–Trinajstić information content (AvgIpc) is 3.66. The minimum atomic E-state index is -3.85. The van der Waals surface area contributed by atoms with Gasteiger partial charge in [0.15, 0.2) is 21.4 Å². The molecule has 0 spiro atoms. The summed E-state index contributed by atoms with van der Waals surface area (Å²) in [5, 5.41) is 7.66. The molecule has 39 heavy (non-hydrogen) atoms. The number of ether oxygens (including phenoxy) is 3. The molecule has 0 unspecified atom stereocenters. The minimum Gasteiger partial charge on any atom is -0.494 e. The van der Waals surface area contributed by atoms with Crippen LogP contribution in [0.3, 0.4) is 0 Å². The van der Waals surface area contributed by atoms with Crippen LogP contribution in [0.1, 0.15) is 30.3 Å². The Morgan fingerprint density at radius 2 is 1.72 bits per heavy atom. The van der Waals surface area contributed by atoms with E-state index in [1.165, 1.54) is 21.3 Å². The van der Waals surface area contributed by atoms with E-state index in [4.69, 9.17) is 18.6 Å². The quantitative estimate of drug-likeness (QED) is 0.251. The Bertz CT molecular complexity index is 1670. The SMILES string of the molecule is COc1cccc(OC)c1-n1c(CS(=O)(=O)[C@@H](C)[C@@H](OC)c2cn3ccccc3n2)nnc1-c1ccc(C)o1. The number of fused-ring (bicyclic) bond motifs is 1. The van der Waals surface area contributed by atoms with Gasteiger partial charge in [0.1, 0.15) is 40.5 Å². The summed E-state index contributed by atoms with van der Waals surface area (Å²) in [4.78, 5) is 4.58. The summed E-state index contributed by atoms with van der Waals surface area (Å²) >= 11 is 0. The summed E-state index contributed by atoms with van der Waals surface area (Å²) in [6.07, 6.45) is 2.81. The number of benzene rings is 1. The fourth-order valence-electron chi connectivity index (χ4n) is 4.56. The van der Waals surface area contributed by atoms with Gasteiger partial charge < -0.3 is 23.0 Å². The lowest BCUT2D eigenvalue weighted by molar-refractivity contribution is 0.0991. The van der Waals surface area contributed by atoms with E-state index in [0.29, 0.717) is 45.9 Å². The highest BCUT2D eigenvalue weighted by atomic mass is 32.2. The highest BCUT2D eigenvalue weighted by Crippen LogP contribution is 2.37. The normalized spacial score (nSPS) is 13.5. The molecule has 2 atom stereocenters. The highest BCUT2D eigenvalue weighted by Gasteiger charge is 2.35. The van der Waals surface area contributed by atoms with Crippen molar-refractivity contribution in [1.82, 2.24) is 24.1 Å². The number of rotatable bonds is 10. The third kappa shape index (κ3) is 4.88. The minimum absolute atomic E-state index is 0.165. The van der Waals surface area contributed by atoms with Crippen molar-refractivity contribution in [3.05, 3.63) is 78.2 Å². The van der Waals surface area contributed by atoms with Gasteiger partial charge in [0.2, 0.25) is 5.82 Å². The van der Waals surface area contributed by atoms with E-state index < -0.39 is 26.9 Å². The summed E-state index contributed by atoms with van der Waals surface area (Å²) in [5.74, 6) is 2.03. The van der Waals surface area contributed by atoms with Crippen LogP contribution in [0, 0.1) is 6.92 Å². The molecule has 12 heteroatoms. The standard InChI is InChI=1S/C27H29N5O6S/c1-17-12-13-22(38-17)27-30-29-24(32(27)25-20(35-3)9-8-10-21(25)36-4)16-39(33,34)18(2)26(37-5)19-15-31-14-7-6-11-23(31)28-19/h6-15,18,26H,16H2,1-5H3/t18-,26+/m0/s1. The predicted octanol–water partition coefficient (Wildman–Crippen LogP) is 4.19. The number of para-hydroxylation sites is 1. The summed E-state index contributed by atoms with van der Waals surface area (Å²) < 4.78 is 53.8. The monoisotopic (exact) mass is 551 g/mol. The van der Waals surface area contributed by atoms with Gasteiger partial charge in [-0.25, -0.2) is 13.4 Å². The van der Waals surface area contributed by atoms with Gasteiger partial charge in [-0.05, 0) is 50.2 Å². The molecule has 0 fully saturated rings. The van der Waals surface area contributed by atoms with Crippen molar-refractivity contribution in [2.24, 2.45) is 0 Å². The van der Waals surface area contributed by atoms with E-state index in [2.05, 4.69) is 15.2 Å². The van der Waals surface area contributed by atoms with E-state index in [0.717, 1.165) is 0 Å². The second-order valence-electron chi connectivity index (χ2n) is 9.00. The van der Waals surface area contributed by atoms with E-state index >= 15 is 0 Å². The van der Waals surface area contributed by atoms with Gasteiger partial charge in [-0.2, -0.15) is 0 Å². The first-order chi connectivity index (χ1) is 18.8. The molecule has 0 amide bonds. The van der Waals surface area contributed by atoms with E-state index in [1.807, 2.05) is 35.7 Å². The van der Waals surface area contributed by atoms with Crippen LogP contribution in [0.4, 0.5) is 0 Å². The van der Waals surface area contributed by atoms with Crippen molar-refractivity contribution in [2.45, 2.75) is 31.0 Å². The Hall–Kier alpha value is -4.16. The molecule has 4 heterocycles. The maximum Gasteiger partial charge on any atom is 0.204 e. The molecule has 0 saturated heterocycles. The van der Waals surface area contributed by atoms with Crippen LogP contribution in [0.25, 0.3) is 22.9 Å². The lowest BCUT2D eigenvalue weighted by atomic mass is 10.2. The average molecular weight is 552 g/mol. The molecule has 5 rings (SSSR count). The Kier molecular flexibility index (Phi) is 7.15. The molecule has 0 bridgehead atoms. The lowest BCUT2D eigenvalue weighted by Gasteiger charge is -2.22. The zero-order valence-corrected chi connectivity index (χ0v) is 23.0. The van der Waals surface area contributed by atoms with Crippen LogP contribution in [0.5, 0.6) is 11.5 Å². The fraction of sp³-hybridized carbons (Fsp3) is 0.296. The summed E-state index contributed by atoms with van der Waals surface area (Å²) in [6, 6.07) is 14.4. The largest absolute Gasteiger partial charge is 0.494 e. The van der Waals surface area contributed by atoms with Gasteiger partial charge in [-0.3, -0.25) is 4.57 Å². The fourth-order valence-corrected chi connectivity index (χ4v) is 5.99. The Labute approximate surface area is 225 Å². The summed E-state index contributed by atoms with van der Waals surface area (Å²) in [6.45, 7) is 3.42. The maximum absolute atomic E-state index is 13.8. The van der Waals surface area contributed by atoms with Crippen molar-refractivity contribution in [3.8, 4) is 28.8 Å². The van der Waals surface area contributed by atoms with Crippen LogP contribution in [-0.4, -0.2) is 59.1 Å².